The van der Waals surface area contributed by atoms with Gasteiger partial charge in [0.05, 0.1) is 16.3 Å². The van der Waals surface area contributed by atoms with Gasteiger partial charge in [0.15, 0.2) is 11.2 Å². The summed E-state index contributed by atoms with van der Waals surface area (Å²) in [5.41, 5.74) is 1.45. The van der Waals surface area contributed by atoms with Crippen molar-refractivity contribution in [2.75, 3.05) is 5.32 Å². The van der Waals surface area contributed by atoms with E-state index in [0.717, 1.165) is 11.3 Å². The second kappa shape index (κ2) is 8.59. The number of nitrogens with one attached hydrogen (secondary N) is 1. The Morgan fingerprint density at radius 2 is 2.13 bits per heavy atom. The Labute approximate surface area is 179 Å². The molecule has 2 aromatic heterocycles. The third-order valence-electron chi connectivity index (χ3n) is 4.10. The van der Waals surface area contributed by atoms with Crippen LogP contribution in [-0.2, 0) is 16.6 Å². The number of ether oxygens (including phenoxy) is 1. The largest absolute Gasteiger partial charge is 0.449 e. The third kappa shape index (κ3) is 4.47. The highest BCUT2D eigenvalue weighted by Gasteiger charge is 2.25. The Morgan fingerprint density at radius 1 is 1.40 bits per heavy atom. The predicted octanol–water partition coefficient (Wildman–Crippen LogP) is 3.60. The number of amides is 1. The molecule has 1 aromatic carbocycles. The molecule has 0 radical (unpaired) electrons. The van der Waals surface area contributed by atoms with E-state index in [0.29, 0.717) is 17.0 Å². The van der Waals surface area contributed by atoms with Gasteiger partial charge in [0.2, 0.25) is 0 Å². The number of thiazole rings is 1. The summed E-state index contributed by atoms with van der Waals surface area (Å²) < 4.78 is 6.53. The van der Waals surface area contributed by atoms with E-state index in [-0.39, 0.29) is 21.5 Å². The Kier molecular flexibility index (Phi) is 6.13. The first-order valence-electron chi connectivity index (χ1n) is 8.58. The topological polar surface area (TPSA) is 129 Å². The maximum Gasteiger partial charge on any atom is 0.343 e. The molecule has 1 atom stereocenters. The van der Waals surface area contributed by atoms with E-state index in [1.807, 2.05) is 0 Å². The number of aryl methyl sites for hydroxylation is 2. The maximum atomic E-state index is 12.4. The van der Waals surface area contributed by atoms with E-state index in [9.17, 15) is 19.7 Å². The van der Waals surface area contributed by atoms with Crippen molar-refractivity contribution in [3.05, 3.63) is 56.2 Å². The van der Waals surface area contributed by atoms with Crippen LogP contribution in [0.25, 0.3) is 11.3 Å². The molecule has 156 valence electrons. The van der Waals surface area contributed by atoms with Crippen LogP contribution < -0.4 is 5.32 Å². The van der Waals surface area contributed by atoms with Crippen LogP contribution in [0.3, 0.4) is 0 Å². The molecule has 0 fully saturated rings. The van der Waals surface area contributed by atoms with Crippen LogP contribution in [0.1, 0.15) is 23.0 Å². The van der Waals surface area contributed by atoms with Gasteiger partial charge in [-0.2, -0.15) is 5.10 Å². The van der Waals surface area contributed by atoms with Crippen molar-refractivity contribution in [1.82, 2.24) is 14.8 Å². The molecule has 1 amide bonds. The Hall–Kier alpha value is -3.31. The van der Waals surface area contributed by atoms with E-state index >= 15 is 0 Å². The minimum atomic E-state index is -1.11. The van der Waals surface area contributed by atoms with Gasteiger partial charge in [-0.3, -0.25) is 24.9 Å². The Bertz CT molecular complexity index is 1140. The van der Waals surface area contributed by atoms with Crippen LogP contribution in [-0.4, -0.2) is 37.7 Å². The molecule has 12 heteroatoms. The summed E-state index contributed by atoms with van der Waals surface area (Å²) in [6.07, 6.45) is -1.11. The molecule has 2 heterocycles. The molecule has 1 N–H and O–H groups in total. The minimum Gasteiger partial charge on any atom is -0.449 e. The van der Waals surface area contributed by atoms with Crippen LogP contribution in [0.4, 0.5) is 10.8 Å². The molecule has 3 aromatic rings. The van der Waals surface area contributed by atoms with Crippen molar-refractivity contribution in [3.8, 4) is 11.3 Å². The zero-order valence-electron chi connectivity index (χ0n) is 16.1. The molecular formula is C18H16ClN5O5S. The molecule has 0 aliphatic carbocycles. The van der Waals surface area contributed by atoms with E-state index in [2.05, 4.69) is 15.4 Å². The van der Waals surface area contributed by atoms with Gasteiger partial charge in [0.25, 0.3) is 11.6 Å². The van der Waals surface area contributed by atoms with Crippen LogP contribution in [0.2, 0.25) is 5.15 Å². The number of non-ortho nitro benzene ring substituents is 1. The number of halogens is 1. The first-order valence-corrected chi connectivity index (χ1v) is 9.84. The number of carbonyl (C=O) groups is 2. The Balaban J connectivity index is 1.67. The Morgan fingerprint density at radius 3 is 2.77 bits per heavy atom. The second-order valence-corrected chi connectivity index (χ2v) is 7.47. The van der Waals surface area contributed by atoms with Crippen LogP contribution in [0.5, 0.6) is 0 Å². The summed E-state index contributed by atoms with van der Waals surface area (Å²) in [6.45, 7) is 3.03. The highest BCUT2D eigenvalue weighted by molar-refractivity contribution is 7.14. The summed E-state index contributed by atoms with van der Waals surface area (Å²) in [4.78, 5) is 39.4. The molecule has 0 aliphatic heterocycles. The predicted molar refractivity (Wildman–Crippen MR) is 111 cm³/mol. The van der Waals surface area contributed by atoms with Gasteiger partial charge in [-0.1, -0.05) is 23.7 Å². The standard InChI is InChI=1S/C18H16ClN5O5S/c1-9-14(15(19)23(3)22-9)17(26)29-10(2)16(25)21-18-20-13(8-30-18)11-5-4-6-12(7-11)24(27)28/h4-8,10H,1-3H3,(H,20,21,25)/t10-/m0/s1. The quantitative estimate of drug-likeness (QED) is 0.345. The number of esters is 1. The molecule has 0 spiro atoms. The van der Waals surface area contributed by atoms with Crippen LogP contribution in [0.15, 0.2) is 29.6 Å². The van der Waals surface area contributed by atoms with Crippen molar-refractivity contribution in [2.45, 2.75) is 20.0 Å². The lowest BCUT2D eigenvalue weighted by Gasteiger charge is -2.12. The number of hydrogen-bond donors (Lipinski definition) is 1. The number of aromatic nitrogens is 3. The summed E-state index contributed by atoms with van der Waals surface area (Å²) in [5.74, 6) is -1.34. The van der Waals surface area contributed by atoms with E-state index in [1.54, 1.807) is 31.5 Å². The number of rotatable bonds is 6. The van der Waals surface area contributed by atoms with E-state index in [4.69, 9.17) is 16.3 Å². The molecule has 10 nitrogen and oxygen atoms in total. The third-order valence-corrected chi connectivity index (χ3v) is 5.29. The van der Waals surface area contributed by atoms with Gasteiger partial charge < -0.3 is 4.74 Å². The lowest BCUT2D eigenvalue weighted by atomic mass is 10.1. The highest BCUT2D eigenvalue weighted by atomic mass is 35.5. The normalized spacial score (nSPS) is 11.7. The average Bonchev–Trinajstić information content (AvgIpc) is 3.25. The fourth-order valence-corrected chi connectivity index (χ4v) is 3.56. The van der Waals surface area contributed by atoms with Crippen molar-refractivity contribution in [3.63, 3.8) is 0 Å². The van der Waals surface area contributed by atoms with Crippen molar-refractivity contribution >= 4 is 45.6 Å². The van der Waals surface area contributed by atoms with Crippen LogP contribution >= 0.6 is 22.9 Å². The fourth-order valence-electron chi connectivity index (χ4n) is 2.58. The number of anilines is 1. The van der Waals surface area contributed by atoms with Crippen molar-refractivity contribution in [1.29, 1.82) is 0 Å². The second-order valence-electron chi connectivity index (χ2n) is 6.26. The van der Waals surface area contributed by atoms with E-state index < -0.39 is 22.9 Å². The fraction of sp³-hybridized carbons (Fsp3) is 0.222. The summed E-state index contributed by atoms with van der Waals surface area (Å²) >= 11 is 7.18. The van der Waals surface area contributed by atoms with Crippen molar-refractivity contribution < 1.29 is 19.2 Å². The van der Waals surface area contributed by atoms with E-state index in [1.165, 1.54) is 23.7 Å². The number of nitro benzene ring substituents is 1. The number of carbonyl (C=O) groups excluding carboxylic acids is 2. The minimum absolute atomic E-state index is 0.0593. The first kappa shape index (κ1) is 21.4. The summed E-state index contributed by atoms with van der Waals surface area (Å²) in [7, 11) is 1.59. The number of nitro groups is 1. The molecule has 0 aliphatic rings. The molecule has 0 saturated carbocycles. The number of hydrogen-bond acceptors (Lipinski definition) is 8. The lowest BCUT2D eigenvalue weighted by molar-refractivity contribution is -0.384. The van der Waals surface area contributed by atoms with Gasteiger partial charge in [-0.15, -0.1) is 11.3 Å². The first-order chi connectivity index (χ1) is 14.2. The molecule has 3 rings (SSSR count). The lowest BCUT2D eigenvalue weighted by Crippen LogP contribution is -2.30. The number of benzene rings is 1. The molecule has 0 bridgehead atoms. The van der Waals surface area contributed by atoms with Crippen LogP contribution in [0, 0.1) is 17.0 Å². The van der Waals surface area contributed by atoms with Gasteiger partial charge in [0.1, 0.15) is 10.7 Å². The average molecular weight is 450 g/mol. The van der Waals surface area contributed by atoms with Gasteiger partial charge in [-0.05, 0) is 13.8 Å². The monoisotopic (exact) mass is 449 g/mol. The SMILES string of the molecule is Cc1nn(C)c(Cl)c1C(=O)O[C@@H](C)C(=O)Nc1nc(-c2cccc([N+](=O)[O-])c2)cs1. The smallest absolute Gasteiger partial charge is 0.343 e. The molecule has 0 saturated heterocycles. The van der Waals surface area contributed by atoms with Gasteiger partial charge >= 0.3 is 5.97 Å². The number of nitrogens with zero attached hydrogens (tertiary/aromatic N) is 4. The zero-order chi connectivity index (χ0) is 22.0. The highest BCUT2D eigenvalue weighted by Crippen LogP contribution is 2.27. The van der Waals surface area contributed by atoms with Crippen molar-refractivity contribution in [2.24, 2.45) is 7.05 Å². The maximum absolute atomic E-state index is 12.4. The van der Waals surface area contributed by atoms with Gasteiger partial charge in [-0.25, -0.2) is 9.78 Å². The summed E-state index contributed by atoms with van der Waals surface area (Å²) in [5, 5.41) is 19.6. The molecule has 0 unspecified atom stereocenters. The zero-order valence-corrected chi connectivity index (χ0v) is 17.7. The molecule has 30 heavy (non-hydrogen) atoms. The summed E-state index contributed by atoms with van der Waals surface area (Å²) in [6, 6.07) is 6.01. The van der Waals surface area contributed by atoms with Gasteiger partial charge in [0, 0.05) is 30.1 Å². The molecular weight excluding hydrogens is 434 g/mol.